The molecule has 0 saturated heterocycles. The number of carbonyl (C=O) groups excluding carboxylic acids is 2. The van der Waals surface area contributed by atoms with Crippen molar-refractivity contribution in [3.63, 3.8) is 0 Å². The third-order valence-electron chi connectivity index (χ3n) is 11.0. The second-order valence-corrected chi connectivity index (χ2v) is 14.0. The van der Waals surface area contributed by atoms with E-state index in [9.17, 15) is 19.5 Å². The van der Waals surface area contributed by atoms with E-state index >= 15 is 0 Å². The molecule has 0 aromatic rings. The van der Waals surface area contributed by atoms with E-state index in [0.29, 0.717) is 24.2 Å². The number of nitrogens with one attached hydrogen (secondary N) is 2. The number of oxime groups is 1. The lowest BCUT2D eigenvalue weighted by molar-refractivity contribution is -0.138. The number of hydrogen-bond acceptors (Lipinski definition) is 7. The Bertz CT molecular complexity index is 1180. The summed E-state index contributed by atoms with van der Waals surface area (Å²) in [5.41, 5.74) is 1.09. The summed E-state index contributed by atoms with van der Waals surface area (Å²) in [5, 5.41) is 29.9. The average molecular weight is 602 g/mol. The van der Waals surface area contributed by atoms with Crippen molar-refractivity contribution < 1.29 is 29.4 Å². The Morgan fingerprint density at radius 3 is 2.50 bits per heavy atom. The van der Waals surface area contributed by atoms with E-state index in [1.807, 2.05) is 0 Å². The quantitative estimate of drug-likeness (QED) is 0.147. The fraction of sp³-hybridized carbons (Fsp3) is 0.750. The second kappa shape index (κ2) is 12.6. The highest BCUT2D eigenvalue weighted by atomic mass is 32.1. The van der Waals surface area contributed by atoms with Gasteiger partial charge in [0.25, 0.3) is 5.91 Å². The zero-order valence-corrected chi connectivity index (χ0v) is 26.2. The van der Waals surface area contributed by atoms with Crippen LogP contribution >= 0.6 is 12.6 Å². The molecule has 0 spiro atoms. The number of nitrogens with zero attached hydrogens (tertiary/aromatic N) is 1. The van der Waals surface area contributed by atoms with Gasteiger partial charge in [-0.1, -0.05) is 44.3 Å². The summed E-state index contributed by atoms with van der Waals surface area (Å²) < 4.78 is 0. The number of thiol groups is 1. The van der Waals surface area contributed by atoms with Gasteiger partial charge in [0.2, 0.25) is 5.91 Å². The van der Waals surface area contributed by atoms with Crippen molar-refractivity contribution in [3.8, 4) is 12.3 Å². The van der Waals surface area contributed by atoms with Crippen LogP contribution in [-0.2, 0) is 19.2 Å². The van der Waals surface area contributed by atoms with E-state index in [-0.39, 0.29) is 35.5 Å². The number of hydrogen-bond donors (Lipinski definition) is 5. The minimum absolute atomic E-state index is 0.0842. The minimum Gasteiger partial charge on any atom is -0.481 e. The van der Waals surface area contributed by atoms with Crippen molar-refractivity contribution in [1.29, 1.82) is 0 Å². The molecule has 8 atom stereocenters. The van der Waals surface area contributed by atoms with Crippen molar-refractivity contribution in [2.24, 2.45) is 39.7 Å². The standard InChI is InChI=1S/C32H47N3O6S/c1-6-32(40)14-11-25-23-8-7-20-15-21(9-12-30(20,4)24(23)10-13-31(25,32)5)35-41-17-26(36)34-28(19(2)3)29(39)33-22(18-42)16-27(37)38/h1,15,19,22-25,28,40,42H,7-14,16-18H2,2-5H3,(H,33,39)(H,34,36)(H,37,38)/b35-21+/t22-,23+,24-,25-,28+,30-,31-,32+/m0/s1. The molecule has 4 rings (SSSR count). The lowest BCUT2D eigenvalue weighted by atomic mass is 9.46. The lowest BCUT2D eigenvalue weighted by Crippen LogP contribution is -2.54. The van der Waals surface area contributed by atoms with Crippen LogP contribution in [0.5, 0.6) is 0 Å². The number of terminal acetylenes is 1. The topological polar surface area (TPSA) is 137 Å². The molecule has 0 unspecified atom stereocenters. The number of carboxylic acid groups (broad SMARTS) is 1. The van der Waals surface area contributed by atoms with Gasteiger partial charge in [0.05, 0.1) is 12.1 Å². The maximum absolute atomic E-state index is 12.7. The highest BCUT2D eigenvalue weighted by molar-refractivity contribution is 7.80. The maximum Gasteiger partial charge on any atom is 0.305 e. The Hall–Kier alpha value is -2.51. The molecular weight excluding hydrogens is 554 g/mol. The van der Waals surface area contributed by atoms with Gasteiger partial charge in [-0.25, -0.2) is 0 Å². The third-order valence-corrected chi connectivity index (χ3v) is 11.4. The minimum atomic E-state index is -1.04. The molecule has 0 aromatic heterocycles. The first-order valence-electron chi connectivity index (χ1n) is 15.3. The van der Waals surface area contributed by atoms with Crippen molar-refractivity contribution >= 4 is 36.1 Å². The summed E-state index contributed by atoms with van der Waals surface area (Å²) in [6.07, 6.45) is 15.2. The number of carbonyl (C=O) groups is 3. The smallest absolute Gasteiger partial charge is 0.305 e. The fourth-order valence-electron chi connectivity index (χ4n) is 8.48. The van der Waals surface area contributed by atoms with E-state index in [0.717, 1.165) is 50.7 Å². The van der Waals surface area contributed by atoms with Crippen molar-refractivity contribution in [3.05, 3.63) is 11.6 Å². The predicted molar refractivity (Wildman–Crippen MR) is 164 cm³/mol. The Balaban J connectivity index is 1.35. The molecule has 3 saturated carbocycles. The molecule has 4 aliphatic carbocycles. The van der Waals surface area contributed by atoms with Crippen molar-refractivity contribution in [2.75, 3.05) is 12.4 Å². The Labute approximate surface area is 255 Å². The number of aliphatic carboxylic acids is 1. The normalized spacial score (nSPS) is 36.0. The summed E-state index contributed by atoms with van der Waals surface area (Å²) in [5.74, 6) is 2.30. The van der Waals surface area contributed by atoms with Gasteiger partial charge in [-0.3, -0.25) is 14.4 Å². The highest BCUT2D eigenvalue weighted by Crippen LogP contribution is 2.67. The zero-order valence-electron chi connectivity index (χ0n) is 25.3. The van der Waals surface area contributed by atoms with Crippen LogP contribution in [0.3, 0.4) is 0 Å². The molecule has 0 aromatic carbocycles. The number of aliphatic hydroxyl groups is 1. The summed E-state index contributed by atoms with van der Waals surface area (Å²) in [7, 11) is 0. The summed E-state index contributed by atoms with van der Waals surface area (Å²) in [6, 6.07) is -1.48. The maximum atomic E-state index is 12.7. The molecule has 2 amide bonds. The molecule has 0 heterocycles. The highest BCUT2D eigenvalue weighted by Gasteiger charge is 2.63. The Morgan fingerprint density at radius 2 is 1.86 bits per heavy atom. The monoisotopic (exact) mass is 601 g/mol. The number of allylic oxidation sites excluding steroid dienone is 2. The van der Waals surface area contributed by atoms with E-state index in [1.165, 1.54) is 5.57 Å². The molecule has 9 nitrogen and oxygen atoms in total. The summed E-state index contributed by atoms with van der Waals surface area (Å²) in [4.78, 5) is 41.8. The van der Waals surface area contributed by atoms with Crippen LogP contribution in [0.2, 0.25) is 0 Å². The van der Waals surface area contributed by atoms with Crippen LogP contribution in [0.1, 0.15) is 85.5 Å². The molecular formula is C32H47N3O6S. The molecule has 0 aliphatic heterocycles. The van der Waals surface area contributed by atoms with Gasteiger partial charge in [-0.2, -0.15) is 12.6 Å². The van der Waals surface area contributed by atoms with E-state index in [1.54, 1.807) is 13.8 Å². The number of rotatable bonds is 10. The molecule has 4 N–H and O–H groups in total. The van der Waals surface area contributed by atoms with Gasteiger partial charge in [-0.15, -0.1) is 6.42 Å². The molecule has 4 aliphatic rings. The first kappa shape index (κ1) is 32.4. The average Bonchev–Trinajstić information content (AvgIpc) is 3.21. The third kappa shape index (κ3) is 6.10. The van der Waals surface area contributed by atoms with E-state index in [2.05, 4.69) is 54.3 Å². The van der Waals surface area contributed by atoms with Crippen LogP contribution in [0.15, 0.2) is 16.8 Å². The number of carboxylic acids is 1. The van der Waals surface area contributed by atoms with Gasteiger partial charge in [0.1, 0.15) is 11.6 Å². The van der Waals surface area contributed by atoms with Crippen LogP contribution in [0.25, 0.3) is 0 Å². The van der Waals surface area contributed by atoms with Crippen LogP contribution in [0.4, 0.5) is 0 Å². The van der Waals surface area contributed by atoms with Crippen molar-refractivity contribution in [2.45, 2.75) is 103 Å². The van der Waals surface area contributed by atoms with Gasteiger partial charge in [-0.05, 0) is 86.5 Å². The molecule has 0 bridgehead atoms. The van der Waals surface area contributed by atoms with E-state index in [4.69, 9.17) is 16.4 Å². The SMILES string of the molecule is C#C[C@@]1(O)CC[C@H]2[C@@H]3CCC4=C/C(=N/OCC(=O)N[C@@H](C(=O)N[C@H](CS)CC(=O)O)C(C)C)CC[C@]4(C)[C@H]3CC[C@@]21C. The first-order chi connectivity index (χ1) is 19.8. The summed E-state index contributed by atoms with van der Waals surface area (Å²) >= 11 is 4.11. The molecule has 42 heavy (non-hydrogen) atoms. The van der Waals surface area contributed by atoms with Gasteiger partial charge >= 0.3 is 5.97 Å². The molecule has 232 valence electrons. The largest absolute Gasteiger partial charge is 0.481 e. The van der Waals surface area contributed by atoms with E-state index < -0.39 is 35.5 Å². The van der Waals surface area contributed by atoms with Gasteiger partial charge < -0.3 is 25.7 Å². The molecule has 3 fully saturated rings. The Kier molecular flexibility index (Phi) is 9.73. The zero-order chi connectivity index (χ0) is 30.9. The molecule has 0 radical (unpaired) electrons. The second-order valence-electron chi connectivity index (χ2n) is 13.6. The lowest BCUT2D eigenvalue weighted by Gasteiger charge is -2.58. The molecule has 10 heteroatoms. The number of amides is 2. The van der Waals surface area contributed by atoms with Crippen LogP contribution < -0.4 is 10.6 Å². The fourth-order valence-corrected chi connectivity index (χ4v) is 8.70. The van der Waals surface area contributed by atoms with Crippen LogP contribution in [0, 0.1) is 46.8 Å². The summed E-state index contributed by atoms with van der Waals surface area (Å²) in [6.45, 7) is 7.87. The first-order valence-corrected chi connectivity index (χ1v) is 15.9. The predicted octanol–water partition coefficient (Wildman–Crippen LogP) is 3.72. The Morgan fingerprint density at radius 1 is 1.14 bits per heavy atom. The van der Waals surface area contributed by atoms with Crippen LogP contribution in [-0.4, -0.2) is 63.8 Å². The van der Waals surface area contributed by atoms with Gasteiger partial charge in [0.15, 0.2) is 6.61 Å². The number of fused-ring (bicyclic) bond motifs is 5. The van der Waals surface area contributed by atoms with Crippen molar-refractivity contribution in [1.82, 2.24) is 10.6 Å². The van der Waals surface area contributed by atoms with Gasteiger partial charge in [0, 0.05) is 17.2 Å².